The van der Waals surface area contributed by atoms with Gasteiger partial charge in [0, 0.05) is 0 Å². The van der Waals surface area contributed by atoms with Gasteiger partial charge in [-0.1, -0.05) is 0 Å². The van der Waals surface area contributed by atoms with E-state index in [4.69, 9.17) is 5.11 Å². The third-order valence-electron chi connectivity index (χ3n) is 4.17. The van der Waals surface area contributed by atoms with Gasteiger partial charge in [-0.2, -0.15) is 0 Å². The Morgan fingerprint density at radius 3 is 2.67 bits per heavy atom. The van der Waals surface area contributed by atoms with Crippen LogP contribution in [0.1, 0.15) is 21.8 Å². The van der Waals surface area contributed by atoms with Crippen LogP contribution in [0.3, 0.4) is 0 Å². The number of aliphatic hydroxyl groups is 1. The largest absolute Gasteiger partial charge is 1.00 e. The molecule has 1 aliphatic heterocycles. The summed E-state index contributed by atoms with van der Waals surface area (Å²) in [6, 6.07) is 6.51. The average Bonchev–Trinajstić information content (AvgIpc) is 2.74. The van der Waals surface area contributed by atoms with Crippen molar-refractivity contribution in [3.05, 3.63) is 34.5 Å². The number of hydrogen-bond acceptors (Lipinski definition) is 2. The van der Waals surface area contributed by atoms with Crippen LogP contribution in [0.4, 0.5) is 0 Å². The van der Waals surface area contributed by atoms with Crippen LogP contribution < -0.4 is 35.3 Å². The van der Waals surface area contributed by atoms with Crippen LogP contribution in [0, 0.1) is 0 Å². The van der Waals surface area contributed by atoms with Gasteiger partial charge in [0.2, 0.25) is 0 Å². The molecule has 0 radical (unpaired) electrons. The number of aliphatic hydroxyl groups excluding tert-OH is 1. The number of nitrogens with one attached hydrogen (secondary N) is 1. The van der Waals surface area contributed by atoms with Crippen molar-refractivity contribution in [3.8, 4) is 0 Å². The fraction of sp³-hybridized carbons (Fsp3) is 0.357. The van der Waals surface area contributed by atoms with E-state index >= 15 is 0 Å². The van der Waals surface area contributed by atoms with Gasteiger partial charge in [0.05, 0.1) is 0 Å². The molecule has 1 unspecified atom stereocenters. The fourth-order valence-electron chi connectivity index (χ4n) is 3.30. The molecule has 111 valence electrons. The summed E-state index contributed by atoms with van der Waals surface area (Å²) in [7, 11) is -1.60. The predicted octanol–water partition coefficient (Wildman–Crippen LogP) is -5.03. The first kappa shape index (κ1) is 18.9. The van der Waals surface area contributed by atoms with Crippen molar-refractivity contribution in [1.29, 1.82) is 0 Å². The van der Waals surface area contributed by atoms with Gasteiger partial charge in [0.15, 0.2) is 0 Å². The number of hydrogen-bond donors (Lipinski definition) is 2. The molecule has 0 aromatic heterocycles. The number of carbonyl (C=O) groups is 1. The quantitative estimate of drug-likeness (QED) is 0.519. The monoisotopic (exact) mass is 376 g/mol. The Kier molecular flexibility index (Phi) is 5.93. The van der Waals surface area contributed by atoms with Gasteiger partial charge >= 0.3 is 125 Å². The summed E-state index contributed by atoms with van der Waals surface area (Å²) in [6.07, 6.45) is 0.171. The van der Waals surface area contributed by atoms with Gasteiger partial charge in [0.25, 0.3) is 0 Å². The molecule has 21 heavy (non-hydrogen) atoms. The summed E-state index contributed by atoms with van der Waals surface area (Å²) >= 11 is 2.23. The minimum atomic E-state index is -1.60. The van der Waals surface area contributed by atoms with E-state index in [9.17, 15) is 4.79 Å². The first-order valence-electron chi connectivity index (χ1n) is 6.48. The molecule has 1 aliphatic carbocycles. The number of rotatable bonds is 3. The van der Waals surface area contributed by atoms with E-state index in [0.717, 1.165) is 5.70 Å². The Morgan fingerprint density at radius 2 is 2.05 bits per heavy atom. The molecule has 1 heterocycles. The molecule has 3 rings (SSSR count). The van der Waals surface area contributed by atoms with E-state index in [1.165, 1.54) is 21.5 Å². The molecule has 7 heteroatoms. The van der Waals surface area contributed by atoms with Crippen LogP contribution in [0.5, 0.6) is 0 Å². The van der Waals surface area contributed by atoms with Crippen molar-refractivity contribution >= 4 is 24.9 Å². The van der Waals surface area contributed by atoms with Crippen molar-refractivity contribution in [2.75, 3.05) is 6.61 Å². The van der Waals surface area contributed by atoms with Gasteiger partial charge in [-0.05, 0) is 0 Å². The van der Waals surface area contributed by atoms with E-state index in [-0.39, 0.29) is 43.7 Å². The van der Waals surface area contributed by atoms with Crippen molar-refractivity contribution < 1.29 is 55.2 Å². The van der Waals surface area contributed by atoms with Gasteiger partial charge in [-0.25, -0.2) is 0 Å². The second-order valence-corrected chi connectivity index (χ2v) is 10.9. The Balaban J connectivity index is 0.00000110. The van der Waals surface area contributed by atoms with Crippen LogP contribution in [0.25, 0.3) is 5.70 Å². The first-order chi connectivity index (χ1) is 8.98. The summed E-state index contributed by atoms with van der Waals surface area (Å²) < 4.78 is 0.426. The van der Waals surface area contributed by atoms with Gasteiger partial charge in [0.1, 0.15) is 0 Å². The third-order valence-corrected chi connectivity index (χ3v) is 9.20. The van der Waals surface area contributed by atoms with Crippen LogP contribution in [0.2, 0.25) is 13.1 Å². The van der Waals surface area contributed by atoms with E-state index in [2.05, 4.69) is 57.0 Å². The fourth-order valence-corrected chi connectivity index (χ4v) is 8.98. The Bertz CT molecular complexity index is 619. The van der Waals surface area contributed by atoms with Gasteiger partial charge in [-0.3, -0.25) is 0 Å². The van der Waals surface area contributed by atoms with Crippen molar-refractivity contribution in [2.45, 2.75) is 23.7 Å². The number of carbonyl (C=O) groups excluding carboxylic acids is 1. The molecule has 3 nitrogen and oxygen atoms in total. The minimum Gasteiger partial charge on any atom is -1.00 e. The Labute approximate surface area is 149 Å². The summed E-state index contributed by atoms with van der Waals surface area (Å²) in [5.41, 5.74) is 3.67. The van der Waals surface area contributed by atoms with Crippen LogP contribution in [0.15, 0.2) is 23.4 Å². The first-order valence-corrected chi connectivity index (χ1v) is 10.4. The van der Waals surface area contributed by atoms with Crippen LogP contribution >= 0.6 is 0 Å². The SMILES string of the molecule is C[Si]1(C)C2=C(NC(=O)CCO)c3c(cccc31)[CH]2[Ti+2].[Cl-].[Cl-]. The van der Waals surface area contributed by atoms with Crippen molar-refractivity contribution in [1.82, 2.24) is 5.32 Å². The number of allylic oxidation sites excluding steroid dienone is 1. The Morgan fingerprint density at radius 1 is 1.38 bits per heavy atom. The molecule has 0 saturated carbocycles. The van der Waals surface area contributed by atoms with E-state index in [1.54, 1.807) is 0 Å². The Hall–Kier alpha value is -0.0988. The molecule has 2 aliphatic rings. The van der Waals surface area contributed by atoms with E-state index in [0.29, 0.717) is 4.22 Å². The number of benzene rings is 1. The van der Waals surface area contributed by atoms with Gasteiger partial charge < -0.3 is 24.8 Å². The van der Waals surface area contributed by atoms with E-state index in [1.807, 2.05) is 0 Å². The molecule has 1 amide bonds. The predicted molar refractivity (Wildman–Crippen MR) is 73.1 cm³/mol. The maximum atomic E-state index is 11.8. The maximum absolute atomic E-state index is 11.8. The second-order valence-electron chi connectivity index (χ2n) is 5.64. The van der Waals surface area contributed by atoms with Crippen LogP contribution in [-0.4, -0.2) is 25.7 Å². The molecule has 2 bridgehead atoms. The molecule has 1 aromatic carbocycles. The molecule has 1 aromatic rings. The topological polar surface area (TPSA) is 49.3 Å². The molecule has 0 saturated heterocycles. The average molecular weight is 377 g/mol. The second kappa shape index (κ2) is 6.57. The van der Waals surface area contributed by atoms with Crippen LogP contribution in [-0.2, 0) is 25.2 Å². The molecular formula is C14H16Cl2NO2SiTi. The zero-order valence-corrected chi connectivity index (χ0v) is 15.9. The smallest absolute Gasteiger partial charge is 1.00 e. The van der Waals surface area contributed by atoms with E-state index < -0.39 is 8.07 Å². The molecular weight excluding hydrogens is 361 g/mol. The zero-order chi connectivity index (χ0) is 13.8. The molecule has 1 atom stereocenters. The number of halogens is 2. The van der Waals surface area contributed by atoms with Gasteiger partial charge in [-0.15, -0.1) is 0 Å². The molecule has 2 N–H and O–H groups in total. The molecule has 0 fully saturated rings. The standard InChI is InChI=1S/C14H16NO2Si.2ClH.Ti/c1-18(2)10-5-3-4-9-8-11(18)14(13(9)10)15-12(17)6-7-16;;;/h3-5,8,16H,6-7H2,1-2H3,(H,15,17);2*1H;/q;;;+2/p-2. The minimum absolute atomic E-state index is 0. The summed E-state index contributed by atoms with van der Waals surface area (Å²) in [5, 5.41) is 14.8. The summed E-state index contributed by atoms with van der Waals surface area (Å²) in [4.78, 5) is 11.8. The van der Waals surface area contributed by atoms with Crippen molar-refractivity contribution in [3.63, 3.8) is 0 Å². The third kappa shape index (κ3) is 2.67. The molecule has 0 spiro atoms. The normalized spacial score (nSPS) is 20.0. The maximum Gasteiger partial charge on any atom is -1.00 e. The van der Waals surface area contributed by atoms with Crippen molar-refractivity contribution in [2.24, 2.45) is 0 Å². The summed E-state index contributed by atoms with van der Waals surface area (Å²) in [5.74, 6) is -0.0865. The number of amides is 1. The summed E-state index contributed by atoms with van der Waals surface area (Å²) in [6.45, 7) is 4.61. The zero-order valence-electron chi connectivity index (χ0n) is 11.8.